The third-order valence-electron chi connectivity index (χ3n) is 3.96. The number of thioether (sulfide) groups is 1. The van der Waals surface area contributed by atoms with Crippen LogP contribution in [0.3, 0.4) is 0 Å². The van der Waals surface area contributed by atoms with Gasteiger partial charge < -0.3 is 14.6 Å². The van der Waals surface area contributed by atoms with Crippen LogP contribution >= 0.6 is 11.8 Å². The summed E-state index contributed by atoms with van der Waals surface area (Å²) in [6.07, 6.45) is 0. The van der Waals surface area contributed by atoms with Gasteiger partial charge in [0.2, 0.25) is 0 Å². The zero-order chi connectivity index (χ0) is 18.5. The van der Waals surface area contributed by atoms with Gasteiger partial charge in [0.05, 0.1) is 12.0 Å². The average molecular weight is 377 g/mol. The van der Waals surface area contributed by atoms with Crippen LogP contribution in [0, 0.1) is 5.82 Å². The lowest BCUT2D eigenvalue weighted by molar-refractivity contribution is -0.138. The second kappa shape index (κ2) is 8.42. The van der Waals surface area contributed by atoms with Gasteiger partial charge in [0.25, 0.3) is 0 Å². The summed E-state index contributed by atoms with van der Waals surface area (Å²) in [7, 11) is 0. The van der Waals surface area contributed by atoms with E-state index in [9.17, 15) is 9.18 Å². The summed E-state index contributed by atoms with van der Waals surface area (Å²) in [6.45, 7) is 2.68. The second-order valence-electron chi connectivity index (χ2n) is 5.83. The number of carboxylic acids is 1. The lowest BCUT2D eigenvalue weighted by atomic mass is 10.2. The van der Waals surface area contributed by atoms with Gasteiger partial charge in [0, 0.05) is 5.75 Å². The van der Waals surface area contributed by atoms with Crippen molar-refractivity contribution in [3.05, 3.63) is 59.4 Å². The molecule has 0 amide bonds. The van der Waals surface area contributed by atoms with Crippen molar-refractivity contribution < 1.29 is 23.8 Å². The monoisotopic (exact) mass is 377 g/mol. The summed E-state index contributed by atoms with van der Waals surface area (Å²) in [4.78, 5) is 11.1. The molecule has 2 unspecified atom stereocenters. The zero-order valence-electron chi connectivity index (χ0n) is 14.3. The predicted molar refractivity (Wildman–Crippen MR) is 98.1 cm³/mol. The van der Waals surface area contributed by atoms with Crippen molar-refractivity contribution in [1.29, 1.82) is 0 Å². The van der Waals surface area contributed by atoms with Crippen LogP contribution in [-0.4, -0.2) is 29.5 Å². The molecule has 3 rings (SSSR count). The summed E-state index contributed by atoms with van der Waals surface area (Å²) in [6, 6.07) is 11.2. The Bertz CT molecular complexity index is 769. The fourth-order valence-electron chi connectivity index (χ4n) is 2.62. The second-order valence-corrected chi connectivity index (χ2v) is 6.96. The largest absolute Gasteiger partial charge is 0.490 e. The number of aliphatic carboxylic acids is 1. The minimum absolute atomic E-state index is 0.0959. The average Bonchev–Trinajstić information content (AvgIpc) is 3.13. The number of halogens is 1. The molecule has 26 heavy (non-hydrogen) atoms. The standard InChI is InChI=1S/C19H20FNO4S/c1-2-24-17-9-13(18-21-15(11-26-18)19(22)23)5-8-16(17)25-10-12-3-6-14(20)7-4-12/h3-9,15,18,21H,2,10-11H2,1H3,(H,22,23). The van der Waals surface area contributed by atoms with Crippen molar-refractivity contribution in [3.63, 3.8) is 0 Å². The topological polar surface area (TPSA) is 67.8 Å². The van der Waals surface area contributed by atoms with Crippen LogP contribution in [0.25, 0.3) is 0 Å². The molecule has 7 heteroatoms. The summed E-state index contributed by atoms with van der Waals surface area (Å²) in [5, 5.41) is 12.1. The Kier molecular flexibility index (Phi) is 6.00. The van der Waals surface area contributed by atoms with Crippen LogP contribution in [0.5, 0.6) is 11.5 Å². The number of benzene rings is 2. The maximum absolute atomic E-state index is 13.0. The van der Waals surface area contributed by atoms with E-state index in [1.54, 1.807) is 23.9 Å². The minimum atomic E-state index is -0.843. The summed E-state index contributed by atoms with van der Waals surface area (Å²) in [5.74, 6) is 0.594. The summed E-state index contributed by atoms with van der Waals surface area (Å²) in [5.41, 5.74) is 1.80. The molecule has 1 saturated heterocycles. The molecule has 0 spiro atoms. The first kappa shape index (κ1) is 18.5. The summed E-state index contributed by atoms with van der Waals surface area (Å²) >= 11 is 1.55. The highest BCUT2D eigenvalue weighted by molar-refractivity contribution is 7.99. The molecule has 1 fully saturated rings. The van der Waals surface area contributed by atoms with Crippen LogP contribution in [-0.2, 0) is 11.4 Å². The van der Waals surface area contributed by atoms with Crippen molar-refractivity contribution >= 4 is 17.7 Å². The van der Waals surface area contributed by atoms with E-state index in [0.29, 0.717) is 30.5 Å². The van der Waals surface area contributed by atoms with Crippen LogP contribution in [0.2, 0.25) is 0 Å². The first-order valence-corrected chi connectivity index (χ1v) is 9.36. The Labute approximate surface area is 155 Å². The highest BCUT2D eigenvalue weighted by Crippen LogP contribution is 2.37. The highest BCUT2D eigenvalue weighted by atomic mass is 32.2. The van der Waals surface area contributed by atoms with Crippen molar-refractivity contribution in [2.45, 2.75) is 24.9 Å². The van der Waals surface area contributed by atoms with Crippen molar-refractivity contribution in [1.82, 2.24) is 5.32 Å². The predicted octanol–water partition coefficient (Wildman–Crippen LogP) is 3.59. The Morgan fingerprint density at radius 2 is 2.00 bits per heavy atom. The quantitative estimate of drug-likeness (QED) is 0.769. The van der Waals surface area contributed by atoms with Crippen LogP contribution in [0.15, 0.2) is 42.5 Å². The normalized spacial score (nSPS) is 19.3. The first-order chi connectivity index (χ1) is 12.6. The van der Waals surface area contributed by atoms with Gasteiger partial charge in [-0.3, -0.25) is 10.1 Å². The Hall–Kier alpha value is -2.25. The van der Waals surface area contributed by atoms with Gasteiger partial charge in [-0.15, -0.1) is 11.8 Å². The number of nitrogens with one attached hydrogen (secondary N) is 1. The van der Waals surface area contributed by atoms with E-state index in [4.69, 9.17) is 14.6 Å². The van der Waals surface area contributed by atoms with E-state index in [1.807, 2.05) is 25.1 Å². The van der Waals surface area contributed by atoms with Gasteiger partial charge in [0.1, 0.15) is 18.5 Å². The highest BCUT2D eigenvalue weighted by Gasteiger charge is 2.30. The van der Waals surface area contributed by atoms with Gasteiger partial charge in [-0.05, 0) is 42.3 Å². The third-order valence-corrected chi connectivity index (χ3v) is 5.23. The number of carboxylic acid groups (broad SMARTS) is 1. The first-order valence-electron chi connectivity index (χ1n) is 8.31. The molecule has 5 nitrogen and oxygen atoms in total. The molecule has 1 aliphatic rings. The zero-order valence-corrected chi connectivity index (χ0v) is 15.1. The Balaban J connectivity index is 1.72. The fourth-order valence-corrected chi connectivity index (χ4v) is 3.85. The Morgan fingerprint density at radius 1 is 1.23 bits per heavy atom. The molecule has 1 heterocycles. The van der Waals surface area contributed by atoms with Gasteiger partial charge >= 0.3 is 5.97 Å². The third kappa shape index (κ3) is 4.47. The lowest BCUT2D eigenvalue weighted by Crippen LogP contribution is -2.33. The molecule has 0 aliphatic carbocycles. The van der Waals surface area contributed by atoms with E-state index in [-0.39, 0.29) is 11.2 Å². The Morgan fingerprint density at radius 3 is 2.65 bits per heavy atom. The van der Waals surface area contributed by atoms with Crippen molar-refractivity contribution in [2.24, 2.45) is 0 Å². The SMILES string of the molecule is CCOc1cc(C2NC(C(=O)O)CS2)ccc1OCc1ccc(F)cc1. The van der Waals surface area contributed by atoms with Gasteiger partial charge in [0.15, 0.2) is 11.5 Å². The molecule has 0 radical (unpaired) electrons. The van der Waals surface area contributed by atoms with E-state index in [0.717, 1.165) is 11.1 Å². The van der Waals surface area contributed by atoms with Gasteiger partial charge in [-0.1, -0.05) is 18.2 Å². The molecule has 138 valence electrons. The van der Waals surface area contributed by atoms with E-state index in [1.165, 1.54) is 12.1 Å². The molecule has 0 aromatic heterocycles. The molecular weight excluding hydrogens is 357 g/mol. The molecule has 0 bridgehead atoms. The number of ether oxygens (including phenoxy) is 2. The van der Waals surface area contributed by atoms with Gasteiger partial charge in [-0.25, -0.2) is 4.39 Å². The maximum atomic E-state index is 13.0. The molecule has 2 N–H and O–H groups in total. The molecule has 2 aromatic carbocycles. The molecule has 1 aliphatic heterocycles. The number of carbonyl (C=O) groups is 1. The van der Waals surface area contributed by atoms with Crippen LogP contribution in [0.4, 0.5) is 4.39 Å². The lowest BCUT2D eigenvalue weighted by Gasteiger charge is -2.16. The maximum Gasteiger partial charge on any atom is 0.321 e. The number of rotatable bonds is 7. The van der Waals surface area contributed by atoms with Crippen molar-refractivity contribution in [2.75, 3.05) is 12.4 Å². The van der Waals surface area contributed by atoms with Crippen molar-refractivity contribution in [3.8, 4) is 11.5 Å². The molecule has 0 saturated carbocycles. The number of hydrogen-bond acceptors (Lipinski definition) is 5. The molecule has 2 atom stereocenters. The summed E-state index contributed by atoms with van der Waals surface area (Å²) < 4.78 is 24.5. The van der Waals surface area contributed by atoms with E-state index in [2.05, 4.69) is 5.32 Å². The van der Waals surface area contributed by atoms with Crippen LogP contribution < -0.4 is 14.8 Å². The number of hydrogen-bond donors (Lipinski definition) is 2. The van der Waals surface area contributed by atoms with E-state index >= 15 is 0 Å². The molecular formula is C19H20FNO4S. The fraction of sp³-hybridized carbons (Fsp3) is 0.316. The minimum Gasteiger partial charge on any atom is -0.490 e. The van der Waals surface area contributed by atoms with Gasteiger partial charge in [-0.2, -0.15) is 0 Å². The van der Waals surface area contributed by atoms with Crippen LogP contribution in [0.1, 0.15) is 23.4 Å². The van der Waals surface area contributed by atoms with E-state index < -0.39 is 12.0 Å². The molecule has 2 aromatic rings. The smallest absolute Gasteiger partial charge is 0.321 e.